The summed E-state index contributed by atoms with van der Waals surface area (Å²) in [4.78, 5) is 10.2. The van der Waals surface area contributed by atoms with Gasteiger partial charge in [0.05, 0.1) is 19.0 Å². The Morgan fingerprint density at radius 1 is 1.27 bits per heavy atom. The maximum atomic E-state index is 5.51. The molecule has 0 saturated carbocycles. The van der Waals surface area contributed by atoms with Gasteiger partial charge in [-0.15, -0.1) is 0 Å². The SMILES string of the molecule is CC(C)CCOc1cnc(N(C)C)nc1. The zero-order chi connectivity index (χ0) is 11.3. The Balaban J connectivity index is 2.43. The smallest absolute Gasteiger partial charge is 0.224 e. The summed E-state index contributed by atoms with van der Waals surface area (Å²) >= 11 is 0. The molecule has 0 amide bonds. The summed E-state index contributed by atoms with van der Waals surface area (Å²) in [7, 11) is 3.82. The van der Waals surface area contributed by atoms with E-state index in [0.717, 1.165) is 18.8 Å². The van der Waals surface area contributed by atoms with E-state index in [0.29, 0.717) is 11.9 Å². The van der Waals surface area contributed by atoms with Gasteiger partial charge in [-0.1, -0.05) is 13.8 Å². The van der Waals surface area contributed by atoms with E-state index in [9.17, 15) is 0 Å². The van der Waals surface area contributed by atoms with E-state index in [4.69, 9.17) is 4.74 Å². The summed E-state index contributed by atoms with van der Waals surface area (Å²) in [6.45, 7) is 5.08. The van der Waals surface area contributed by atoms with Gasteiger partial charge in [-0.3, -0.25) is 0 Å². The van der Waals surface area contributed by atoms with Gasteiger partial charge in [0.25, 0.3) is 0 Å². The van der Waals surface area contributed by atoms with E-state index in [2.05, 4.69) is 23.8 Å². The van der Waals surface area contributed by atoms with Crippen LogP contribution in [0, 0.1) is 5.92 Å². The van der Waals surface area contributed by atoms with Crippen molar-refractivity contribution in [2.75, 3.05) is 25.6 Å². The first kappa shape index (κ1) is 11.8. The van der Waals surface area contributed by atoms with Crippen molar-refractivity contribution in [2.24, 2.45) is 5.92 Å². The van der Waals surface area contributed by atoms with Crippen LogP contribution in [0.25, 0.3) is 0 Å². The normalized spacial score (nSPS) is 10.5. The average molecular weight is 209 g/mol. The first-order valence-electron chi connectivity index (χ1n) is 5.21. The predicted molar refractivity (Wildman–Crippen MR) is 61.3 cm³/mol. The Labute approximate surface area is 91.3 Å². The molecule has 1 heterocycles. The van der Waals surface area contributed by atoms with Crippen molar-refractivity contribution < 1.29 is 4.74 Å². The van der Waals surface area contributed by atoms with E-state index in [1.165, 1.54) is 0 Å². The first-order valence-corrected chi connectivity index (χ1v) is 5.21. The number of nitrogens with zero attached hydrogens (tertiary/aromatic N) is 3. The van der Waals surface area contributed by atoms with Crippen LogP contribution in [0.4, 0.5) is 5.95 Å². The van der Waals surface area contributed by atoms with E-state index in [-0.39, 0.29) is 0 Å². The summed E-state index contributed by atoms with van der Waals surface area (Å²) in [5.41, 5.74) is 0. The van der Waals surface area contributed by atoms with Crippen LogP contribution in [0.15, 0.2) is 12.4 Å². The topological polar surface area (TPSA) is 38.2 Å². The molecular formula is C11H19N3O. The molecule has 0 fully saturated rings. The lowest BCUT2D eigenvalue weighted by molar-refractivity contribution is 0.287. The van der Waals surface area contributed by atoms with Crippen molar-refractivity contribution in [2.45, 2.75) is 20.3 Å². The molecule has 0 saturated heterocycles. The zero-order valence-corrected chi connectivity index (χ0v) is 9.90. The highest BCUT2D eigenvalue weighted by Crippen LogP contribution is 2.11. The van der Waals surface area contributed by atoms with Gasteiger partial charge in [0.1, 0.15) is 0 Å². The Morgan fingerprint density at radius 2 is 1.87 bits per heavy atom. The summed E-state index contributed by atoms with van der Waals surface area (Å²) in [5, 5.41) is 0. The van der Waals surface area contributed by atoms with Crippen molar-refractivity contribution in [3.8, 4) is 5.75 Å². The maximum Gasteiger partial charge on any atom is 0.224 e. The van der Waals surface area contributed by atoms with Gasteiger partial charge < -0.3 is 9.64 Å². The van der Waals surface area contributed by atoms with Crippen LogP contribution in [0.3, 0.4) is 0 Å². The van der Waals surface area contributed by atoms with Gasteiger partial charge in [-0.2, -0.15) is 0 Å². The van der Waals surface area contributed by atoms with Gasteiger partial charge in [-0.05, 0) is 12.3 Å². The summed E-state index contributed by atoms with van der Waals surface area (Å²) in [5.74, 6) is 2.10. The summed E-state index contributed by atoms with van der Waals surface area (Å²) < 4.78 is 5.51. The monoisotopic (exact) mass is 209 g/mol. The molecule has 15 heavy (non-hydrogen) atoms. The molecule has 0 aliphatic heterocycles. The van der Waals surface area contributed by atoms with Gasteiger partial charge in [0.2, 0.25) is 5.95 Å². The van der Waals surface area contributed by atoms with E-state index < -0.39 is 0 Å². The van der Waals surface area contributed by atoms with Gasteiger partial charge in [0, 0.05) is 14.1 Å². The van der Waals surface area contributed by atoms with Crippen LogP contribution in [-0.4, -0.2) is 30.7 Å². The lowest BCUT2D eigenvalue weighted by Crippen LogP contribution is -2.12. The molecule has 4 nitrogen and oxygen atoms in total. The van der Waals surface area contributed by atoms with Gasteiger partial charge in [-0.25, -0.2) is 9.97 Å². The fourth-order valence-electron chi connectivity index (χ4n) is 1.03. The number of aromatic nitrogens is 2. The Hall–Kier alpha value is -1.32. The van der Waals surface area contributed by atoms with Crippen molar-refractivity contribution >= 4 is 5.95 Å². The highest BCUT2D eigenvalue weighted by molar-refractivity contribution is 5.28. The first-order chi connectivity index (χ1) is 7.09. The standard InChI is InChI=1S/C11H19N3O/c1-9(2)5-6-15-10-7-12-11(13-8-10)14(3)4/h7-9H,5-6H2,1-4H3. The summed E-state index contributed by atoms with van der Waals surface area (Å²) in [6.07, 6.45) is 4.47. The van der Waals surface area contributed by atoms with Crippen molar-refractivity contribution in [1.82, 2.24) is 9.97 Å². The van der Waals surface area contributed by atoms with E-state index >= 15 is 0 Å². The molecule has 1 aromatic rings. The third kappa shape index (κ3) is 4.14. The van der Waals surface area contributed by atoms with Crippen LogP contribution in [0.5, 0.6) is 5.75 Å². The average Bonchev–Trinajstić information content (AvgIpc) is 2.18. The zero-order valence-electron chi connectivity index (χ0n) is 9.90. The molecule has 0 spiro atoms. The van der Waals surface area contributed by atoms with Crippen LogP contribution in [0.2, 0.25) is 0 Å². The lowest BCUT2D eigenvalue weighted by Gasteiger charge is -2.11. The minimum atomic E-state index is 0.659. The fourth-order valence-corrected chi connectivity index (χ4v) is 1.03. The highest BCUT2D eigenvalue weighted by Gasteiger charge is 2.00. The van der Waals surface area contributed by atoms with Crippen LogP contribution >= 0.6 is 0 Å². The second kappa shape index (κ2) is 5.53. The highest BCUT2D eigenvalue weighted by atomic mass is 16.5. The molecule has 4 heteroatoms. The number of rotatable bonds is 5. The predicted octanol–water partition coefficient (Wildman–Crippen LogP) is 1.97. The molecule has 0 radical (unpaired) electrons. The number of hydrogen-bond acceptors (Lipinski definition) is 4. The molecule has 0 atom stereocenters. The van der Waals surface area contributed by atoms with Crippen molar-refractivity contribution in [1.29, 1.82) is 0 Å². The quantitative estimate of drug-likeness (QED) is 0.743. The van der Waals surface area contributed by atoms with Gasteiger partial charge >= 0.3 is 0 Å². The molecular weight excluding hydrogens is 190 g/mol. The molecule has 0 bridgehead atoms. The van der Waals surface area contributed by atoms with E-state index in [1.54, 1.807) is 12.4 Å². The second-order valence-corrected chi connectivity index (χ2v) is 4.14. The molecule has 0 aromatic carbocycles. The third-order valence-electron chi connectivity index (χ3n) is 1.98. The largest absolute Gasteiger partial charge is 0.490 e. The van der Waals surface area contributed by atoms with Crippen LogP contribution in [0.1, 0.15) is 20.3 Å². The number of hydrogen-bond donors (Lipinski definition) is 0. The maximum absolute atomic E-state index is 5.51. The third-order valence-corrected chi connectivity index (χ3v) is 1.98. The number of anilines is 1. The summed E-state index contributed by atoms with van der Waals surface area (Å²) in [6, 6.07) is 0. The molecule has 0 unspecified atom stereocenters. The molecule has 0 aliphatic rings. The Kier molecular flexibility index (Phi) is 4.34. The van der Waals surface area contributed by atoms with Gasteiger partial charge in [0.15, 0.2) is 5.75 Å². The fraction of sp³-hybridized carbons (Fsp3) is 0.636. The second-order valence-electron chi connectivity index (χ2n) is 4.14. The Bertz CT molecular complexity index is 282. The minimum absolute atomic E-state index is 0.659. The van der Waals surface area contributed by atoms with Crippen molar-refractivity contribution in [3.05, 3.63) is 12.4 Å². The molecule has 0 N–H and O–H groups in total. The van der Waals surface area contributed by atoms with Crippen LogP contribution < -0.4 is 9.64 Å². The number of ether oxygens (including phenoxy) is 1. The molecule has 1 aromatic heterocycles. The molecule has 84 valence electrons. The molecule has 1 rings (SSSR count). The Morgan fingerprint density at radius 3 is 2.33 bits per heavy atom. The van der Waals surface area contributed by atoms with Crippen molar-refractivity contribution in [3.63, 3.8) is 0 Å². The van der Waals surface area contributed by atoms with Crippen LogP contribution in [-0.2, 0) is 0 Å². The van der Waals surface area contributed by atoms with E-state index in [1.807, 2.05) is 19.0 Å². The lowest BCUT2D eigenvalue weighted by atomic mass is 10.1. The minimum Gasteiger partial charge on any atom is -0.490 e. The molecule has 0 aliphatic carbocycles.